The summed E-state index contributed by atoms with van der Waals surface area (Å²) in [5.41, 5.74) is -0.176. The smallest absolute Gasteiger partial charge is 0.340 e. The lowest BCUT2D eigenvalue weighted by atomic mass is 10.0. The molecule has 2 aromatic rings. The molecule has 0 radical (unpaired) electrons. The molecule has 2 unspecified atom stereocenters. The molecule has 0 saturated carbocycles. The van der Waals surface area contributed by atoms with E-state index in [-0.39, 0.29) is 18.1 Å². The highest BCUT2D eigenvalue weighted by Crippen LogP contribution is 2.33. The fraction of sp³-hybridized carbons (Fsp3) is 0.250. The third-order valence-electron chi connectivity index (χ3n) is 3.76. The third kappa shape index (κ3) is 3.09. The van der Waals surface area contributed by atoms with Gasteiger partial charge in [-0.05, 0) is 24.1 Å². The van der Waals surface area contributed by atoms with Gasteiger partial charge in [0.2, 0.25) is 0 Å². The van der Waals surface area contributed by atoms with Gasteiger partial charge in [0.05, 0.1) is 18.2 Å². The fourth-order valence-electron chi connectivity index (χ4n) is 2.75. The predicted molar refractivity (Wildman–Crippen MR) is 77.4 cm³/mol. The number of aliphatic hydroxyl groups is 1. The van der Waals surface area contributed by atoms with Gasteiger partial charge in [-0.25, -0.2) is 9.18 Å². The van der Waals surface area contributed by atoms with Gasteiger partial charge in [0.15, 0.2) is 5.76 Å². The Morgan fingerprint density at radius 3 is 2.61 bits per heavy atom. The highest BCUT2D eigenvalue weighted by molar-refractivity contribution is 5.92. The summed E-state index contributed by atoms with van der Waals surface area (Å²) in [5.74, 6) is -1.70. The number of likely N-dealkylation sites (tertiary alicyclic amines) is 1. The van der Waals surface area contributed by atoms with Gasteiger partial charge in [0.1, 0.15) is 11.6 Å². The zero-order chi connectivity index (χ0) is 16.6. The molecule has 1 amide bonds. The second-order valence-electron chi connectivity index (χ2n) is 5.41. The van der Waals surface area contributed by atoms with Gasteiger partial charge in [-0.1, -0.05) is 12.1 Å². The Morgan fingerprint density at radius 2 is 1.96 bits per heavy atom. The molecule has 0 aliphatic carbocycles. The molecule has 23 heavy (non-hydrogen) atoms. The zero-order valence-electron chi connectivity index (χ0n) is 12.0. The summed E-state index contributed by atoms with van der Waals surface area (Å²) in [5, 5.41) is 19.3. The molecule has 0 bridgehead atoms. The maximum atomic E-state index is 13.1. The van der Waals surface area contributed by atoms with Crippen LogP contribution in [0.5, 0.6) is 5.75 Å². The maximum absolute atomic E-state index is 13.1. The fourth-order valence-corrected chi connectivity index (χ4v) is 2.75. The molecular weight excluding hydrogens is 305 g/mol. The Balaban J connectivity index is 1.94. The van der Waals surface area contributed by atoms with E-state index in [9.17, 15) is 24.2 Å². The van der Waals surface area contributed by atoms with Crippen molar-refractivity contribution in [3.8, 4) is 5.75 Å². The third-order valence-corrected chi connectivity index (χ3v) is 3.76. The number of carbonyl (C=O) groups excluding carboxylic acids is 1. The molecule has 0 spiro atoms. The summed E-state index contributed by atoms with van der Waals surface area (Å²) in [7, 11) is 0. The van der Waals surface area contributed by atoms with Crippen LogP contribution in [0.25, 0.3) is 0 Å². The number of carbonyl (C=O) groups is 1. The number of aliphatic hydroxyl groups excluding tert-OH is 1. The summed E-state index contributed by atoms with van der Waals surface area (Å²) >= 11 is 0. The molecule has 7 heteroatoms. The minimum atomic E-state index is -0.841. The highest BCUT2D eigenvalue weighted by Gasteiger charge is 2.36. The Morgan fingerprint density at radius 1 is 1.26 bits per heavy atom. The first-order valence-electron chi connectivity index (χ1n) is 7.02. The molecule has 3 rings (SSSR count). The number of benzene rings is 1. The topological polar surface area (TPSA) is 91.0 Å². The number of nitrogens with zero attached hydrogens (tertiary/aromatic N) is 1. The number of β-amino-alcohol motifs (C(OH)–C–C–N with tert-alkyl or cyclic N) is 1. The minimum Gasteiger partial charge on any atom is -0.508 e. The first-order chi connectivity index (χ1) is 10.9. The normalized spacial score (nSPS) is 20.7. The van der Waals surface area contributed by atoms with Gasteiger partial charge in [-0.3, -0.25) is 4.79 Å². The Kier molecular flexibility index (Phi) is 3.87. The second kappa shape index (κ2) is 5.85. The van der Waals surface area contributed by atoms with Crippen molar-refractivity contribution in [2.24, 2.45) is 0 Å². The van der Waals surface area contributed by atoms with E-state index in [0.717, 1.165) is 12.1 Å². The van der Waals surface area contributed by atoms with E-state index in [1.54, 1.807) is 0 Å². The summed E-state index contributed by atoms with van der Waals surface area (Å²) in [4.78, 5) is 25.2. The summed E-state index contributed by atoms with van der Waals surface area (Å²) in [6, 6.07) is 7.07. The van der Waals surface area contributed by atoms with Gasteiger partial charge in [-0.2, -0.15) is 0 Å². The van der Waals surface area contributed by atoms with Crippen LogP contribution < -0.4 is 5.63 Å². The molecular formula is C16H14FNO5. The van der Waals surface area contributed by atoms with Crippen molar-refractivity contribution in [1.82, 2.24) is 4.90 Å². The molecule has 2 N–H and O–H groups in total. The quantitative estimate of drug-likeness (QED) is 0.874. The van der Waals surface area contributed by atoms with Gasteiger partial charge >= 0.3 is 5.63 Å². The molecule has 2 atom stereocenters. The van der Waals surface area contributed by atoms with E-state index >= 15 is 0 Å². The van der Waals surface area contributed by atoms with Crippen molar-refractivity contribution >= 4 is 5.91 Å². The van der Waals surface area contributed by atoms with E-state index in [4.69, 9.17) is 4.42 Å². The molecule has 2 heterocycles. The predicted octanol–water partition coefficient (Wildman–Crippen LogP) is 1.43. The number of halogens is 1. The molecule has 6 nitrogen and oxygen atoms in total. The number of amides is 1. The van der Waals surface area contributed by atoms with E-state index in [0.29, 0.717) is 12.0 Å². The van der Waals surface area contributed by atoms with Crippen LogP contribution in [-0.2, 0) is 0 Å². The Hall–Kier alpha value is -2.67. The van der Waals surface area contributed by atoms with E-state index < -0.39 is 29.5 Å². The van der Waals surface area contributed by atoms with Crippen molar-refractivity contribution in [1.29, 1.82) is 0 Å². The van der Waals surface area contributed by atoms with Crippen molar-refractivity contribution in [2.45, 2.75) is 18.6 Å². The lowest BCUT2D eigenvalue weighted by Crippen LogP contribution is -2.32. The molecule has 1 saturated heterocycles. The van der Waals surface area contributed by atoms with Crippen LogP contribution in [0.4, 0.5) is 4.39 Å². The van der Waals surface area contributed by atoms with Crippen molar-refractivity contribution in [3.05, 3.63) is 64.0 Å². The Bertz CT molecular complexity index is 786. The number of rotatable bonds is 2. The SMILES string of the molecule is O=C(c1cc(O)cc(=O)o1)N1CC(O)CC1c1ccc(F)cc1. The Labute approximate surface area is 130 Å². The van der Waals surface area contributed by atoms with Crippen LogP contribution in [0.15, 0.2) is 45.6 Å². The van der Waals surface area contributed by atoms with E-state index in [1.165, 1.54) is 29.2 Å². The van der Waals surface area contributed by atoms with Crippen LogP contribution in [0.2, 0.25) is 0 Å². The van der Waals surface area contributed by atoms with Gasteiger partial charge in [0, 0.05) is 12.6 Å². The number of aromatic hydroxyl groups is 1. The molecule has 1 aliphatic rings. The number of hydrogen-bond acceptors (Lipinski definition) is 5. The first kappa shape index (κ1) is 15.2. The summed E-state index contributed by atoms with van der Waals surface area (Å²) in [6.07, 6.45) is -0.446. The largest absolute Gasteiger partial charge is 0.508 e. The lowest BCUT2D eigenvalue weighted by molar-refractivity contribution is 0.0677. The van der Waals surface area contributed by atoms with Crippen LogP contribution in [0.1, 0.15) is 28.6 Å². The maximum Gasteiger partial charge on any atom is 0.340 e. The van der Waals surface area contributed by atoms with Crippen LogP contribution in [0, 0.1) is 5.82 Å². The van der Waals surface area contributed by atoms with E-state index in [1.807, 2.05) is 0 Å². The van der Waals surface area contributed by atoms with Gasteiger partial charge in [-0.15, -0.1) is 0 Å². The molecule has 120 valence electrons. The van der Waals surface area contributed by atoms with Crippen LogP contribution >= 0.6 is 0 Å². The number of hydrogen-bond donors (Lipinski definition) is 2. The summed E-state index contributed by atoms with van der Waals surface area (Å²) < 4.78 is 17.9. The minimum absolute atomic E-state index is 0.0558. The first-order valence-corrected chi connectivity index (χ1v) is 7.02. The highest BCUT2D eigenvalue weighted by atomic mass is 19.1. The van der Waals surface area contributed by atoms with Crippen molar-refractivity contribution in [2.75, 3.05) is 6.54 Å². The van der Waals surface area contributed by atoms with E-state index in [2.05, 4.69) is 0 Å². The average molecular weight is 319 g/mol. The van der Waals surface area contributed by atoms with Gasteiger partial charge in [0.25, 0.3) is 5.91 Å². The molecule has 1 aromatic carbocycles. The lowest BCUT2D eigenvalue weighted by Gasteiger charge is -2.24. The van der Waals surface area contributed by atoms with Crippen LogP contribution in [-0.4, -0.2) is 33.7 Å². The molecule has 1 fully saturated rings. The van der Waals surface area contributed by atoms with Crippen molar-refractivity contribution < 1.29 is 23.8 Å². The molecule has 1 aromatic heterocycles. The summed E-state index contributed by atoms with van der Waals surface area (Å²) in [6.45, 7) is 0.0558. The van der Waals surface area contributed by atoms with Gasteiger partial charge < -0.3 is 19.5 Å². The second-order valence-corrected chi connectivity index (χ2v) is 5.41. The zero-order valence-corrected chi connectivity index (χ0v) is 12.0. The van der Waals surface area contributed by atoms with Crippen molar-refractivity contribution in [3.63, 3.8) is 0 Å². The molecule has 1 aliphatic heterocycles. The average Bonchev–Trinajstić information content (AvgIpc) is 2.88. The monoisotopic (exact) mass is 319 g/mol. The standard InChI is InChI=1S/C16H14FNO5/c17-10-3-1-9(2-4-10)13-5-12(20)8-18(13)16(22)14-6-11(19)7-15(21)23-14/h1-4,6-7,12-13,19-20H,5,8H2. The van der Waals surface area contributed by atoms with Crippen LogP contribution in [0.3, 0.4) is 0 Å².